The quantitative estimate of drug-likeness (QED) is 0.816. The normalized spacial score (nSPS) is 15.8. The zero-order chi connectivity index (χ0) is 12.4. The van der Waals surface area contributed by atoms with Gasteiger partial charge in [-0.1, -0.05) is 0 Å². The summed E-state index contributed by atoms with van der Waals surface area (Å²) in [5.74, 6) is 1.26. The molecule has 1 aromatic heterocycles. The van der Waals surface area contributed by atoms with E-state index in [1.165, 1.54) is 6.20 Å². The summed E-state index contributed by atoms with van der Waals surface area (Å²) in [5.41, 5.74) is 4.91. The Balaban J connectivity index is 1.93. The third-order valence-electron chi connectivity index (χ3n) is 2.86. The Kier molecular flexibility index (Phi) is 3.14. The van der Waals surface area contributed by atoms with Crippen LogP contribution in [0.15, 0.2) is 18.3 Å². The molecule has 0 spiro atoms. The summed E-state index contributed by atoms with van der Waals surface area (Å²) in [6.45, 7) is 1.94. The largest absolute Gasteiger partial charge is 0.410 e. The van der Waals surface area contributed by atoms with E-state index in [2.05, 4.69) is 28.9 Å². The number of carbonyl (C=O) groups excluding carboxylic acids is 1. The molecule has 1 aliphatic heterocycles. The maximum atomic E-state index is 10.5. The molecule has 0 saturated carbocycles. The van der Waals surface area contributed by atoms with Gasteiger partial charge in [-0.05, 0) is 26.2 Å². The van der Waals surface area contributed by atoms with Crippen LogP contribution in [0.3, 0.4) is 0 Å². The van der Waals surface area contributed by atoms with Crippen molar-refractivity contribution in [3.8, 4) is 5.75 Å². The first-order chi connectivity index (χ1) is 8.06. The summed E-state index contributed by atoms with van der Waals surface area (Å²) in [6.07, 6.45) is 0.680. The molecule has 0 bridgehead atoms. The summed E-state index contributed by atoms with van der Waals surface area (Å²) >= 11 is 0. The highest BCUT2D eigenvalue weighted by Crippen LogP contribution is 2.22. The van der Waals surface area contributed by atoms with Crippen LogP contribution in [-0.4, -0.2) is 49.2 Å². The molecule has 0 aliphatic carbocycles. The molecule has 1 saturated heterocycles. The first-order valence-electron chi connectivity index (χ1n) is 5.41. The Hall–Kier alpha value is -1.82. The Morgan fingerprint density at radius 3 is 2.71 bits per heavy atom. The molecule has 1 aromatic rings. The average molecular weight is 236 g/mol. The Morgan fingerprint density at radius 2 is 2.24 bits per heavy atom. The van der Waals surface area contributed by atoms with Gasteiger partial charge in [-0.3, -0.25) is 0 Å². The van der Waals surface area contributed by atoms with Crippen LogP contribution >= 0.6 is 0 Å². The van der Waals surface area contributed by atoms with Crippen LogP contribution in [0.1, 0.15) is 0 Å². The van der Waals surface area contributed by atoms with Gasteiger partial charge in [-0.25, -0.2) is 9.78 Å². The van der Waals surface area contributed by atoms with Gasteiger partial charge in [0.15, 0.2) is 5.75 Å². The molecule has 2 rings (SSSR count). The Morgan fingerprint density at radius 1 is 1.53 bits per heavy atom. The first-order valence-corrected chi connectivity index (χ1v) is 5.41. The molecular formula is C11H16N4O2. The van der Waals surface area contributed by atoms with Gasteiger partial charge < -0.3 is 20.3 Å². The molecule has 1 aliphatic rings. The molecule has 1 amide bonds. The van der Waals surface area contributed by atoms with E-state index in [-0.39, 0.29) is 0 Å². The average Bonchev–Trinajstić information content (AvgIpc) is 2.16. The maximum absolute atomic E-state index is 10.5. The van der Waals surface area contributed by atoms with E-state index >= 15 is 0 Å². The van der Waals surface area contributed by atoms with Crippen molar-refractivity contribution in [3.63, 3.8) is 0 Å². The summed E-state index contributed by atoms with van der Waals surface area (Å²) in [5, 5.41) is 0. The zero-order valence-corrected chi connectivity index (χ0v) is 9.96. The standard InChI is InChI=1S/C11H16N4O2/c1-14(2)8-6-15(7-8)10-4-3-9(5-13-10)17-11(12)16/h3-5,8H,6-7H2,1-2H3,(H2,12,16). The fourth-order valence-corrected chi connectivity index (χ4v) is 1.71. The van der Waals surface area contributed by atoms with E-state index in [4.69, 9.17) is 10.5 Å². The minimum Gasteiger partial charge on any atom is -0.409 e. The first kappa shape index (κ1) is 11.7. The molecule has 2 N–H and O–H groups in total. The molecule has 6 heteroatoms. The van der Waals surface area contributed by atoms with E-state index in [0.717, 1.165) is 18.9 Å². The van der Waals surface area contributed by atoms with Gasteiger partial charge in [-0.2, -0.15) is 0 Å². The third-order valence-corrected chi connectivity index (χ3v) is 2.86. The highest BCUT2D eigenvalue weighted by atomic mass is 16.5. The topological polar surface area (TPSA) is 71.7 Å². The van der Waals surface area contributed by atoms with E-state index in [0.29, 0.717) is 11.8 Å². The van der Waals surface area contributed by atoms with Crippen molar-refractivity contribution < 1.29 is 9.53 Å². The van der Waals surface area contributed by atoms with Gasteiger partial charge >= 0.3 is 6.09 Å². The lowest BCUT2D eigenvalue weighted by Gasteiger charge is -2.43. The second kappa shape index (κ2) is 4.58. The van der Waals surface area contributed by atoms with Crippen molar-refractivity contribution in [2.24, 2.45) is 5.73 Å². The van der Waals surface area contributed by atoms with E-state index < -0.39 is 6.09 Å². The molecular weight excluding hydrogens is 220 g/mol. The van der Waals surface area contributed by atoms with Gasteiger partial charge in [0.05, 0.1) is 6.20 Å². The molecule has 1 fully saturated rings. The lowest BCUT2D eigenvalue weighted by molar-refractivity contribution is 0.210. The molecule has 0 radical (unpaired) electrons. The fraction of sp³-hybridized carbons (Fsp3) is 0.455. The number of carbonyl (C=O) groups is 1. The van der Waals surface area contributed by atoms with Crippen LogP contribution in [0.2, 0.25) is 0 Å². The summed E-state index contributed by atoms with van der Waals surface area (Å²) in [6, 6.07) is 4.10. The second-order valence-electron chi connectivity index (χ2n) is 4.30. The summed E-state index contributed by atoms with van der Waals surface area (Å²) in [4.78, 5) is 19.1. The number of likely N-dealkylation sites (N-methyl/N-ethyl adjacent to an activating group) is 1. The van der Waals surface area contributed by atoms with E-state index in [9.17, 15) is 4.79 Å². The molecule has 92 valence electrons. The van der Waals surface area contributed by atoms with Gasteiger partial charge in [0.2, 0.25) is 0 Å². The number of nitrogens with two attached hydrogens (primary N) is 1. The lowest BCUT2D eigenvalue weighted by atomic mass is 10.1. The van der Waals surface area contributed by atoms with Crippen molar-refractivity contribution in [2.45, 2.75) is 6.04 Å². The summed E-state index contributed by atoms with van der Waals surface area (Å²) < 4.78 is 4.71. The number of amides is 1. The monoisotopic (exact) mass is 236 g/mol. The van der Waals surface area contributed by atoms with Crippen molar-refractivity contribution in [1.29, 1.82) is 0 Å². The van der Waals surface area contributed by atoms with Crippen molar-refractivity contribution >= 4 is 11.9 Å². The maximum Gasteiger partial charge on any atom is 0.410 e. The predicted octanol–water partition coefficient (Wildman–Crippen LogP) is 0.289. The fourth-order valence-electron chi connectivity index (χ4n) is 1.71. The lowest BCUT2D eigenvalue weighted by Crippen LogP contribution is -2.57. The summed E-state index contributed by atoms with van der Waals surface area (Å²) in [7, 11) is 4.14. The molecule has 0 atom stereocenters. The Bertz CT molecular complexity index is 398. The molecule has 2 heterocycles. The molecule has 17 heavy (non-hydrogen) atoms. The number of primary amides is 1. The highest BCUT2D eigenvalue weighted by Gasteiger charge is 2.28. The second-order valence-corrected chi connectivity index (χ2v) is 4.30. The predicted molar refractivity (Wildman–Crippen MR) is 64.1 cm³/mol. The third kappa shape index (κ3) is 2.65. The van der Waals surface area contributed by atoms with Crippen LogP contribution in [0, 0.1) is 0 Å². The van der Waals surface area contributed by atoms with Crippen molar-refractivity contribution in [2.75, 3.05) is 32.1 Å². The minimum absolute atomic E-state index is 0.367. The van der Waals surface area contributed by atoms with Crippen LogP contribution < -0.4 is 15.4 Å². The zero-order valence-electron chi connectivity index (χ0n) is 9.96. The van der Waals surface area contributed by atoms with Gasteiger partial charge in [-0.15, -0.1) is 0 Å². The number of hydrogen-bond donors (Lipinski definition) is 1. The molecule has 0 unspecified atom stereocenters. The number of aromatic nitrogens is 1. The van der Waals surface area contributed by atoms with Gasteiger partial charge in [0, 0.05) is 19.1 Å². The van der Waals surface area contributed by atoms with Crippen LogP contribution in [0.4, 0.5) is 10.6 Å². The minimum atomic E-state index is -0.823. The smallest absolute Gasteiger partial charge is 0.409 e. The molecule has 0 aromatic carbocycles. The molecule has 6 nitrogen and oxygen atoms in total. The Labute approximate surface area is 100.0 Å². The number of rotatable bonds is 3. The van der Waals surface area contributed by atoms with Crippen molar-refractivity contribution in [1.82, 2.24) is 9.88 Å². The van der Waals surface area contributed by atoms with Crippen LogP contribution in [0.5, 0.6) is 5.75 Å². The van der Waals surface area contributed by atoms with E-state index in [1.54, 1.807) is 6.07 Å². The number of hydrogen-bond acceptors (Lipinski definition) is 5. The highest BCUT2D eigenvalue weighted by molar-refractivity contribution is 5.68. The SMILES string of the molecule is CN(C)C1CN(c2ccc(OC(N)=O)cn2)C1. The number of ether oxygens (including phenoxy) is 1. The number of nitrogens with zero attached hydrogens (tertiary/aromatic N) is 3. The van der Waals surface area contributed by atoms with Crippen LogP contribution in [0.25, 0.3) is 0 Å². The van der Waals surface area contributed by atoms with Gasteiger partial charge in [0.1, 0.15) is 5.82 Å². The number of pyridine rings is 1. The van der Waals surface area contributed by atoms with Gasteiger partial charge in [0.25, 0.3) is 0 Å². The van der Waals surface area contributed by atoms with E-state index in [1.807, 2.05) is 6.07 Å². The van der Waals surface area contributed by atoms with Crippen molar-refractivity contribution in [3.05, 3.63) is 18.3 Å². The number of anilines is 1. The van der Waals surface area contributed by atoms with Crippen LogP contribution in [-0.2, 0) is 0 Å².